The summed E-state index contributed by atoms with van der Waals surface area (Å²) in [6.07, 6.45) is 1.80. The molecular formula is C52H30N6O. The maximum absolute atomic E-state index is 6.28. The Labute approximate surface area is 337 Å². The van der Waals surface area contributed by atoms with E-state index in [0.29, 0.717) is 17.5 Å². The molecule has 7 heteroatoms. The van der Waals surface area contributed by atoms with Crippen LogP contribution in [0, 0.1) is 0 Å². The molecule has 5 heterocycles. The quantitative estimate of drug-likeness (QED) is 0.162. The lowest BCUT2D eigenvalue weighted by molar-refractivity contribution is 0.669. The Morgan fingerprint density at radius 2 is 0.915 bits per heavy atom. The molecule has 5 aromatic heterocycles. The van der Waals surface area contributed by atoms with Crippen LogP contribution in [0.25, 0.3) is 122 Å². The van der Waals surface area contributed by atoms with Gasteiger partial charge in [-0.2, -0.15) is 0 Å². The average Bonchev–Trinajstić information content (AvgIpc) is 3.70. The Hall–Kier alpha value is -8.16. The molecule has 0 saturated heterocycles. The molecule has 12 rings (SSSR count). The maximum atomic E-state index is 6.28. The van der Waals surface area contributed by atoms with Gasteiger partial charge in [-0.3, -0.25) is 4.98 Å². The molecule has 0 unspecified atom stereocenters. The van der Waals surface area contributed by atoms with Gasteiger partial charge >= 0.3 is 0 Å². The first-order chi connectivity index (χ1) is 29.2. The van der Waals surface area contributed by atoms with Gasteiger partial charge in [0.25, 0.3) is 0 Å². The van der Waals surface area contributed by atoms with E-state index in [2.05, 4.69) is 109 Å². The summed E-state index contributed by atoms with van der Waals surface area (Å²) in [7, 11) is 0. The van der Waals surface area contributed by atoms with Crippen LogP contribution in [0.5, 0.6) is 0 Å². The van der Waals surface area contributed by atoms with E-state index in [1.807, 2.05) is 66.7 Å². The number of furan rings is 1. The SMILES string of the molecule is c1cc(-c2ccc3ccc4ccc(-c5cccc6ccccc56)nc4c3n2)cc(-c2nc(-c3cccc4cccnc34)nc(-c3cccc4oc5ccccc5c34)n2)c1. The first-order valence-corrected chi connectivity index (χ1v) is 19.5. The molecule has 0 bridgehead atoms. The smallest absolute Gasteiger partial charge is 0.166 e. The van der Waals surface area contributed by atoms with Crippen molar-refractivity contribution in [1.29, 1.82) is 0 Å². The van der Waals surface area contributed by atoms with Gasteiger partial charge in [-0.05, 0) is 53.2 Å². The second-order valence-corrected chi connectivity index (χ2v) is 14.7. The van der Waals surface area contributed by atoms with Gasteiger partial charge in [0.1, 0.15) is 11.2 Å². The predicted octanol–water partition coefficient (Wildman–Crippen LogP) is 12.9. The van der Waals surface area contributed by atoms with E-state index in [1.165, 1.54) is 10.8 Å². The summed E-state index contributed by atoms with van der Waals surface area (Å²) in [4.78, 5) is 30.8. The van der Waals surface area contributed by atoms with Gasteiger partial charge in [0.05, 0.1) is 27.9 Å². The van der Waals surface area contributed by atoms with E-state index in [0.717, 1.165) is 93.9 Å². The minimum absolute atomic E-state index is 0.535. The number of hydrogen-bond donors (Lipinski definition) is 0. The van der Waals surface area contributed by atoms with Crippen LogP contribution in [0.2, 0.25) is 0 Å². The number of aromatic nitrogens is 6. The molecule has 0 aliphatic heterocycles. The summed E-state index contributed by atoms with van der Waals surface area (Å²) < 4.78 is 6.28. The van der Waals surface area contributed by atoms with Gasteiger partial charge in [0, 0.05) is 60.9 Å². The highest BCUT2D eigenvalue weighted by Gasteiger charge is 2.19. The molecule has 59 heavy (non-hydrogen) atoms. The van der Waals surface area contributed by atoms with E-state index in [4.69, 9.17) is 34.3 Å². The fraction of sp³-hybridized carbons (Fsp3) is 0. The van der Waals surface area contributed by atoms with Crippen LogP contribution in [0.4, 0.5) is 0 Å². The first-order valence-electron chi connectivity index (χ1n) is 19.5. The zero-order valence-electron chi connectivity index (χ0n) is 31.4. The third-order valence-electron chi connectivity index (χ3n) is 11.2. The molecule has 12 aromatic rings. The molecule has 0 radical (unpaired) electrons. The largest absolute Gasteiger partial charge is 0.456 e. The normalized spacial score (nSPS) is 11.7. The van der Waals surface area contributed by atoms with Crippen molar-refractivity contribution in [1.82, 2.24) is 29.9 Å². The van der Waals surface area contributed by atoms with Gasteiger partial charge in [-0.15, -0.1) is 0 Å². The van der Waals surface area contributed by atoms with Crippen LogP contribution in [-0.4, -0.2) is 29.9 Å². The van der Waals surface area contributed by atoms with Gasteiger partial charge < -0.3 is 4.42 Å². The minimum atomic E-state index is 0.535. The van der Waals surface area contributed by atoms with Crippen molar-refractivity contribution in [3.63, 3.8) is 0 Å². The molecule has 7 nitrogen and oxygen atoms in total. The molecular weight excluding hydrogens is 725 g/mol. The Balaban J connectivity index is 1.02. The van der Waals surface area contributed by atoms with E-state index < -0.39 is 0 Å². The lowest BCUT2D eigenvalue weighted by Gasteiger charge is -2.12. The zero-order valence-corrected chi connectivity index (χ0v) is 31.4. The molecule has 0 spiro atoms. The average molecular weight is 755 g/mol. The highest BCUT2D eigenvalue weighted by atomic mass is 16.3. The summed E-state index contributed by atoms with van der Waals surface area (Å²) in [5.41, 5.74) is 10.4. The second-order valence-electron chi connectivity index (χ2n) is 14.7. The van der Waals surface area contributed by atoms with Crippen LogP contribution < -0.4 is 0 Å². The lowest BCUT2D eigenvalue weighted by atomic mass is 10.0. The third kappa shape index (κ3) is 5.51. The summed E-state index contributed by atoms with van der Waals surface area (Å²) in [5.74, 6) is 1.62. The summed E-state index contributed by atoms with van der Waals surface area (Å²) in [5, 5.41) is 7.38. The standard InChI is InChI=1S/C52H30N6O/c1-2-16-37-31(10-1)11-6-18-38(37)43-28-26-34-24-23-33-25-27-42(54-48(33)49(34)55-43)35-13-5-14-36(30-35)50-56-51(40-19-8-22-45-46(40)39-17-3-4-21-44(39)59-45)58-52(57-50)41-20-7-12-32-15-9-29-53-47(32)41/h1-30H. The number of nitrogens with zero attached hydrogens (tertiary/aromatic N) is 6. The summed E-state index contributed by atoms with van der Waals surface area (Å²) in [6, 6.07) is 59.9. The number of rotatable bonds is 5. The highest BCUT2D eigenvalue weighted by molar-refractivity contribution is 6.12. The molecule has 0 aliphatic carbocycles. The van der Waals surface area contributed by atoms with Crippen molar-refractivity contribution in [3.8, 4) is 56.7 Å². The Kier molecular flexibility index (Phi) is 7.40. The fourth-order valence-electron chi connectivity index (χ4n) is 8.34. The van der Waals surface area contributed by atoms with Crippen LogP contribution >= 0.6 is 0 Å². The first kappa shape index (κ1) is 33.0. The van der Waals surface area contributed by atoms with Gasteiger partial charge in [0.15, 0.2) is 17.5 Å². The summed E-state index contributed by atoms with van der Waals surface area (Å²) in [6.45, 7) is 0. The van der Waals surface area contributed by atoms with Crippen LogP contribution in [0.1, 0.15) is 0 Å². The summed E-state index contributed by atoms with van der Waals surface area (Å²) >= 11 is 0. The Morgan fingerprint density at radius 3 is 1.80 bits per heavy atom. The highest BCUT2D eigenvalue weighted by Crippen LogP contribution is 2.38. The molecule has 0 saturated carbocycles. The molecule has 0 atom stereocenters. The zero-order chi connectivity index (χ0) is 38.9. The van der Waals surface area contributed by atoms with E-state index in [9.17, 15) is 0 Å². The van der Waals surface area contributed by atoms with Crippen molar-refractivity contribution < 1.29 is 4.42 Å². The Morgan fingerprint density at radius 1 is 0.339 bits per heavy atom. The molecule has 7 aromatic carbocycles. The number of benzene rings is 7. The van der Waals surface area contributed by atoms with Crippen molar-refractivity contribution in [2.75, 3.05) is 0 Å². The topological polar surface area (TPSA) is 90.5 Å². The number of pyridine rings is 3. The van der Waals surface area contributed by atoms with Crippen LogP contribution in [0.3, 0.4) is 0 Å². The molecule has 0 aliphatic rings. The van der Waals surface area contributed by atoms with Gasteiger partial charge in [0.2, 0.25) is 0 Å². The van der Waals surface area contributed by atoms with Crippen molar-refractivity contribution in [2.45, 2.75) is 0 Å². The monoisotopic (exact) mass is 754 g/mol. The fourth-order valence-corrected chi connectivity index (χ4v) is 8.34. The van der Waals surface area contributed by atoms with Crippen LogP contribution in [0.15, 0.2) is 187 Å². The van der Waals surface area contributed by atoms with Crippen molar-refractivity contribution in [2.24, 2.45) is 0 Å². The number of fused-ring (bicyclic) bond motifs is 8. The van der Waals surface area contributed by atoms with Crippen LogP contribution in [-0.2, 0) is 0 Å². The molecule has 0 amide bonds. The van der Waals surface area contributed by atoms with Crippen molar-refractivity contribution >= 4 is 65.4 Å². The maximum Gasteiger partial charge on any atom is 0.166 e. The van der Waals surface area contributed by atoms with Gasteiger partial charge in [-0.25, -0.2) is 24.9 Å². The molecule has 0 N–H and O–H groups in total. The van der Waals surface area contributed by atoms with E-state index in [1.54, 1.807) is 6.20 Å². The predicted molar refractivity (Wildman–Crippen MR) is 238 cm³/mol. The molecule has 0 fully saturated rings. The van der Waals surface area contributed by atoms with Gasteiger partial charge in [-0.1, -0.05) is 133 Å². The minimum Gasteiger partial charge on any atom is -0.456 e. The second kappa shape index (κ2) is 13.2. The number of para-hydroxylation sites is 2. The van der Waals surface area contributed by atoms with E-state index in [-0.39, 0.29) is 0 Å². The van der Waals surface area contributed by atoms with Crippen molar-refractivity contribution in [3.05, 3.63) is 182 Å². The lowest BCUT2D eigenvalue weighted by Crippen LogP contribution is -2.01. The molecule has 274 valence electrons. The Bertz CT molecular complexity index is 3640. The van der Waals surface area contributed by atoms with E-state index >= 15 is 0 Å². The number of hydrogen-bond acceptors (Lipinski definition) is 7. The third-order valence-corrected chi connectivity index (χ3v) is 11.2.